The predicted octanol–water partition coefficient (Wildman–Crippen LogP) is 0.673. The van der Waals surface area contributed by atoms with E-state index in [0.717, 1.165) is 29.4 Å². The Morgan fingerprint density at radius 2 is 2.33 bits per heavy atom. The molecule has 0 amide bonds. The molecule has 78 valence electrons. The van der Waals surface area contributed by atoms with Crippen LogP contribution in [0.15, 0.2) is 6.33 Å². The fourth-order valence-corrected chi connectivity index (χ4v) is 1.64. The van der Waals surface area contributed by atoms with Crippen molar-refractivity contribution in [3.05, 3.63) is 6.33 Å². The number of anilines is 1. The summed E-state index contributed by atoms with van der Waals surface area (Å²) in [6.07, 6.45) is 4.14. The molecule has 0 unspecified atom stereocenters. The van der Waals surface area contributed by atoms with E-state index in [1.54, 1.807) is 6.33 Å². The van der Waals surface area contributed by atoms with Gasteiger partial charge in [-0.25, -0.2) is 14.6 Å². The quantitative estimate of drug-likeness (QED) is 0.796. The van der Waals surface area contributed by atoms with Gasteiger partial charge in [0.1, 0.15) is 6.33 Å². The van der Waals surface area contributed by atoms with Crippen LogP contribution in [0.1, 0.15) is 12.8 Å². The van der Waals surface area contributed by atoms with E-state index in [9.17, 15) is 0 Å². The molecule has 6 nitrogen and oxygen atoms in total. The maximum atomic E-state index is 4.22. The maximum absolute atomic E-state index is 4.22. The highest BCUT2D eigenvalue weighted by molar-refractivity contribution is 5.81. The molecule has 0 bridgehead atoms. The SMILES string of the molecule is CNc1ncnc2c1nnn2CC1CC1. The number of aromatic nitrogens is 5. The Kier molecular flexibility index (Phi) is 1.80. The molecule has 1 fully saturated rings. The monoisotopic (exact) mass is 204 g/mol. The minimum atomic E-state index is 0.738. The summed E-state index contributed by atoms with van der Waals surface area (Å²) in [5.41, 5.74) is 1.57. The van der Waals surface area contributed by atoms with Gasteiger partial charge >= 0.3 is 0 Å². The minimum absolute atomic E-state index is 0.738. The third-order valence-corrected chi connectivity index (χ3v) is 2.67. The lowest BCUT2D eigenvalue weighted by atomic mass is 10.4. The molecule has 1 saturated carbocycles. The van der Waals surface area contributed by atoms with Crippen molar-refractivity contribution in [1.82, 2.24) is 25.0 Å². The first-order valence-corrected chi connectivity index (χ1v) is 5.10. The summed E-state index contributed by atoms with van der Waals surface area (Å²) in [5.74, 6) is 1.50. The van der Waals surface area contributed by atoms with Crippen LogP contribution in [0.3, 0.4) is 0 Å². The zero-order valence-corrected chi connectivity index (χ0v) is 8.51. The Hall–Kier alpha value is -1.72. The van der Waals surface area contributed by atoms with E-state index < -0.39 is 0 Å². The van der Waals surface area contributed by atoms with Gasteiger partial charge in [-0.05, 0) is 18.8 Å². The van der Waals surface area contributed by atoms with Gasteiger partial charge in [0.2, 0.25) is 0 Å². The summed E-state index contributed by atoms with van der Waals surface area (Å²) in [7, 11) is 1.82. The topological polar surface area (TPSA) is 68.5 Å². The Labute approximate surface area is 86.7 Å². The molecule has 1 N–H and O–H groups in total. The molecular weight excluding hydrogens is 192 g/mol. The lowest BCUT2D eigenvalue weighted by molar-refractivity contribution is 0.555. The zero-order valence-electron chi connectivity index (χ0n) is 8.51. The van der Waals surface area contributed by atoms with Crippen LogP contribution in [-0.2, 0) is 6.54 Å². The van der Waals surface area contributed by atoms with Gasteiger partial charge in [-0.15, -0.1) is 5.10 Å². The van der Waals surface area contributed by atoms with E-state index in [1.165, 1.54) is 12.8 Å². The van der Waals surface area contributed by atoms with Crippen molar-refractivity contribution in [1.29, 1.82) is 0 Å². The maximum Gasteiger partial charge on any atom is 0.183 e. The second-order valence-electron chi connectivity index (χ2n) is 3.86. The summed E-state index contributed by atoms with van der Waals surface area (Å²) >= 11 is 0. The summed E-state index contributed by atoms with van der Waals surface area (Å²) in [4.78, 5) is 8.31. The van der Waals surface area contributed by atoms with Crippen molar-refractivity contribution in [3.63, 3.8) is 0 Å². The van der Waals surface area contributed by atoms with Gasteiger partial charge < -0.3 is 5.32 Å². The normalized spacial score (nSPS) is 15.8. The van der Waals surface area contributed by atoms with Crippen LogP contribution in [0, 0.1) is 5.92 Å². The van der Waals surface area contributed by atoms with Gasteiger partial charge in [-0.1, -0.05) is 5.21 Å². The summed E-state index contributed by atoms with van der Waals surface area (Å²) in [5, 5.41) is 11.2. The van der Waals surface area contributed by atoms with Crippen molar-refractivity contribution < 1.29 is 0 Å². The minimum Gasteiger partial charge on any atom is -0.371 e. The molecule has 0 radical (unpaired) electrons. The molecule has 6 heteroatoms. The lowest BCUT2D eigenvalue weighted by Gasteiger charge is -2.00. The molecule has 1 aliphatic carbocycles. The Balaban J connectivity index is 2.08. The molecule has 0 aliphatic heterocycles. The smallest absolute Gasteiger partial charge is 0.183 e. The molecule has 3 rings (SSSR count). The number of fused-ring (bicyclic) bond motifs is 1. The number of hydrogen-bond acceptors (Lipinski definition) is 5. The fourth-order valence-electron chi connectivity index (χ4n) is 1.64. The molecule has 0 saturated heterocycles. The Morgan fingerprint density at radius 3 is 3.07 bits per heavy atom. The van der Waals surface area contributed by atoms with Crippen molar-refractivity contribution >= 4 is 17.0 Å². The van der Waals surface area contributed by atoms with Crippen molar-refractivity contribution in [2.75, 3.05) is 12.4 Å². The first kappa shape index (κ1) is 8.58. The molecule has 0 aromatic carbocycles. The predicted molar refractivity (Wildman–Crippen MR) is 55.4 cm³/mol. The van der Waals surface area contributed by atoms with E-state index in [2.05, 4.69) is 25.6 Å². The van der Waals surface area contributed by atoms with E-state index in [-0.39, 0.29) is 0 Å². The third-order valence-electron chi connectivity index (χ3n) is 2.67. The van der Waals surface area contributed by atoms with Crippen molar-refractivity contribution in [2.45, 2.75) is 19.4 Å². The molecule has 2 heterocycles. The van der Waals surface area contributed by atoms with Crippen molar-refractivity contribution in [3.8, 4) is 0 Å². The van der Waals surface area contributed by atoms with Crippen LogP contribution < -0.4 is 5.32 Å². The third kappa shape index (κ3) is 1.42. The highest BCUT2D eigenvalue weighted by Crippen LogP contribution is 2.31. The number of rotatable bonds is 3. The number of nitrogens with one attached hydrogen (secondary N) is 1. The molecule has 1 aliphatic rings. The summed E-state index contributed by atoms with van der Waals surface area (Å²) in [6.45, 7) is 0.927. The Bertz CT molecular complexity index is 486. The fraction of sp³-hybridized carbons (Fsp3) is 0.556. The average Bonchev–Trinajstić information content (AvgIpc) is 2.99. The van der Waals surface area contributed by atoms with Gasteiger partial charge in [0.05, 0.1) is 0 Å². The standard InChI is InChI=1S/C9H12N6/c1-10-8-7-9(12-5-11-8)15(14-13-7)4-6-2-3-6/h5-6H,2-4H2,1H3,(H,10,11,12). The van der Waals surface area contributed by atoms with E-state index >= 15 is 0 Å². The van der Waals surface area contributed by atoms with E-state index in [1.807, 2.05) is 11.7 Å². The molecule has 2 aromatic rings. The van der Waals surface area contributed by atoms with Crippen LogP contribution in [0.2, 0.25) is 0 Å². The average molecular weight is 204 g/mol. The van der Waals surface area contributed by atoms with Crippen LogP contribution in [0.25, 0.3) is 11.2 Å². The summed E-state index contributed by atoms with van der Waals surface area (Å²) < 4.78 is 1.87. The van der Waals surface area contributed by atoms with Crippen molar-refractivity contribution in [2.24, 2.45) is 5.92 Å². The van der Waals surface area contributed by atoms with Crippen LogP contribution in [0.4, 0.5) is 5.82 Å². The zero-order chi connectivity index (χ0) is 10.3. The van der Waals surface area contributed by atoms with Gasteiger partial charge in [-0.2, -0.15) is 0 Å². The van der Waals surface area contributed by atoms with Gasteiger partial charge in [0.25, 0.3) is 0 Å². The first-order valence-electron chi connectivity index (χ1n) is 5.10. The van der Waals surface area contributed by atoms with Gasteiger partial charge in [0.15, 0.2) is 17.0 Å². The highest BCUT2D eigenvalue weighted by atomic mass is 15.4. The van der Waals surface area contributed by atoms with Gasteiger partial charge in [-0.3, -0.25) is 0 Å². The molecule has 0 spiro atoms. The van der Waals surface area contributed by atoms with Crippen LogP contribution >= 0.6 is 0 Å². The number of hydrogen-bond donors (Lipinski definition) is 1. The summed E-state index contributed by atoms with van der Waals surface area (Å²) in [6, 6.07) is 0. The lowest BCUT2D eigenvalue weighted by Crippen LogP contribution is -2.03. The molecular formula is C9H12N6. The largest absolute Gasteiger partial charge is 0.371 e. The molecule has 2 aromatic heterocycles. The second-order valence-corrected chi connectivity index (χ2v) is 3.86. The number of nitrogens with zero attached hydrogens (tertiary/aromatic N) is 5. The molecule has 15 heavy (non-hydrogen) atoms. The second kappa shape index (κ2) is 3.15. The van der Waals surface area contributed by atoms with Crippen LogP contribution in [0.5, 0.6) is 0 Å². The van der Waals surface area contributed by atoms with Gasteiger partial charge in [0, 0.05) is 13.6 Å². The molecule has 0 atom stereocenters. The first-order chi connectivity index (χ1) is 7.38. The van der Waals surface area contributed by atoms with Crippen LogP contribution in [-0.4, -0.2) is 32.0 Å². The highest BCUT2D eigenvalue weighted by Gasteiger charge is 2.23. The van der Waals surface area contributed by atoms with E-state index in [4.69, 9.17) is 0 Å². The Morgan fingerprint density at radius 1 is 1.47 bits per heavy atom. The van der Waals surface area contributed by atoms with E-state index in [0.29, 0.717) is 0 Å².